The molecule has 21 heavy (non-hydrogen) atoms. The number of pyridine rings is 1. The van der Waals surface area contributed by atoms with Crippen LogP contribution in [-0.4, -0.2) is 10.5 Å². The maximum absolute atomic E-state index is 12.2. The molecule has 1 aromatic heterocycles. The number of thioether (sulfide) groups is 1. The fourth-order valence-electron chi connectivity index (χ4n) is 1.82. The van der Waals surface area contributed by atoms with E-state index in [1.54, 1.807) is 18.3 Å². The highest BCUT2D eigenvalue weighted by atomic mass is 32.2. The van der Waals surface area contributed by atoms with Crippen LogP contribution in [0.25, 0.3) is 0 Å². The molecule has 2 rings (SSSR count). The standard InChI is InChI=1S/C15H15F3N2S/c1-11(14-4-2-3-9-19-14)20-10-12-5-7-13(8-6-12)21-15(16,17)18/h2-9,11,20H,10H2,1H3. The molecule has 0 aliphatic rings. The van der Waals surface area contributed by atoms with Gasteiger partial charge in [0.2, 0.25) is 0 Å². The van der Waals surface area contributed by atoms with Gasteiger partial charge in [-0.25, -0.2) is 0 Å². The summed E-state index contributed by atoms with van der Waals surface area (Å²) in [6, 6.07) is 12.2. The van der Waals surface area contributed by atoms with Crippen LogP contribution < -0.4 is 5.32 Å². The van der Waals surface area contributed by atoms with E-state index in [4.69, 9.17) is 0 Å². The van der Waals surface area contributed by atoms with Gasteiger partial charge in [0.25, 0.3) is 0 Å². The van der Waals surface area contributed by atoms with Gasteiger partial charge in [-0.3, -0.25) is 4.98 Å². The van der Waals surface area contributed by atoms with E-state index in [0.717, 1.165) is 11.3 Å². The van der Waals surface area contributed by atoms with Crippen LogP contribution in [0, 0.1) is 0 Å². The lowest BCUT2D eigenvalue weighted by Gasteiger charge is -2.13. The Hall–Kier alpha value is -1.53. The van der Waals surface area contributed by atoms with Crippen molar-refractivity contribution in [3.8, 4) is 0 Å². The number of nitrogens with zero attached hydrogens (tertiary/aromatic N) is 1. The molecule has 0 bridgehead atoms. The molecule has 0 radical (unpaired) electrons. The third-order valence-corrected chi connectivity index (χ3v) is 3.64. The van der Waals surface area contributed by atoms with Crippen molar-refractivity contribution in [2.24, 2.45) is 0 Å². The SMILES string of the molecule is CC(NCc1ccc(SC(F)(F)F)cc1)c1ccccn1. The normalized spacial score (nSPS) is 13.1. The minimum atomic E-state index is -4.24. The van der Waals surface area contributed by atoms with E-state index in [9.17, 15) is 13.2 Å². The van der Waals surface area contributed by atoms with Crippen molar-refractivity contribution in [2.75, 3.05) is 0 Å². The lowest BCUT2D eigenvalue weighted by molar-refractivity contribution is -0.0328. The fourth-order valence-corrected chi connectivity index (χ4v) is 2.36. The summed E-state index contributed by atoms with van der Waals surface area (Å²) in [6.45, 7) is 2.57. The molecule has 6 heteroatoms. The summed E-state index contributed by atoms with van der Waals surface area (Å²) in [5.41, 5.74) is -2.38. The lowest BCUT2D eigenvalue weighted by atomic mass is 10.2. The first-order valence-corrected chi connectivity index (χ1v) is 7.25. The average Bonchev–Trinajstić information content (AvgIpc) is 2.45. The van der Waals surface area contributed by atoms with E-state index in [1.165, 1.54) is 12.1 Å². The molecule has 0 spiro atoms. The summed E-state index contributed by atoms with van der Waals surface area (Å²) in [7, 11) is 0. The quantitative estimate of drug-likeness (QED) is 0.820. The Morgan fingerprint density at radius 3 is 2.43 bits per heavy atom. The van der Waals surface area contributed by atoms with Crippen LogP contribution in [0.3, 0.4) is 0 Å². The third-order valence-electron chi connectivity index (χ3n) is 2.90. The van der Waals surface area contributed by atoms with Crippen molar-refractivity contribution in [1.29, 1.82) is 0 Å². The molecule has 1 atom stereocenters. The molecule has 1 aromatic carbocycles. The van der Waals surface area contributed by atoms with Crippen LogP contribution in [0.5, 0.6) is 0 Å². The number of benzene rings is 1. The second kappa shape index (κ2) is 6.95. The van der Waals surface area contributed by atoms with Gasteiger partial charge in [-0.05, 0) is 48.5 Å². The van der Waals surface area contributed by atoms with Gasteiger partial charge >= 0.3 is 5.51 Å². The van der Waals surface area contributed by atoms with Crippen LogP contribution in [0.1, 0.15) is 24.2 Å². The van der Waals surface area contributed by atoms with Crippen molar-refractivity contribution >= 4 is 11.8 Å². The van der Waals surface area contributed by atoms with Crippen molar-refractivity contribution < 1.29 is 13.2 Å². The van der Waals surface area contributed by atoms with E-state index in [2.05, 4.69) is 10.3 Å². The van der Waals surface area contributed by atoms with Gasteiger partial charge in [-0.2, -0.15) is 13.2 Å². The molecular formula is C15H15F3N2S. The first-order valence-electron chi connectivity index (χ1n) is 6.43. The van der Waals surface area contributed by atoms with E-state index in [1.807, 2.05) is 25.1 Å². The minimum absolute atomic E-state index is 0.0791. The molecule has 0 fully saturated rings. The predicted molar refractivity (Wildman–Crippen MR) is 77.8 cm³/mol. The summed E-state index contributed by atoms with van der Waals surface area (Å²) in [5.74, 6) is 0. The first kappa shape index (κ1) is 15.9. The number of hydrogen-bond acceptors (Lipinski definition) is 3. The summed E-state index contributed by atoms with van der Waals surface area (Å²) < 4.78 is 36.7. The maximum atomic E-state index is 12.2. The van der Waals surface area contributed by atoms with Crippen molar-refractivity contribution in [3.05, 3.63) is 59.9 Å². The molecule has 0 saturated carbocycles. The van der Waals surface area contributed by atoms with Crippen LogP contribution >= 0.6 is 11.8 Å². The van der Waals surface area contributed by atoms with Gasteiger partial charge in [-0.15, -0.1) is 0 Å². The Balaban J connectivity index is 1.89. The molecule has 1 unspecified atom stereocenters. The number of alkyl halides is 3. The Morgan fingerprint density at radius 1 is 1.14 bits per heavy atom. The Morgan fingerprint density at radius 2 is 1.86 bits per heavy atom. The molecule has 0 aliphatic heterocycles. The van der Waals surface area contributed by atoms with Gasteiger partial charge in [0.05, 0.1) is 5.69 Å². The Bertz CT molecular complexity index is 555. The molecule has 1 heterocycles. The van der Waals surface area contributed by atoms with E-state index >= 15 is 0 Å². The van der Waals surface area contributed by atoms with Crippen LogP contribution in [0.4, 0.5) is 13.2 Å². The zero-order chi connectivity index (χ0) is 15.3. The van der Waals surface area contributed by atoms with Gasteiger partial charge < -0.3 is 5.32 Å². The average molecular weight is 312 g/mol. The number of aromatic nitrogens is 1. The summed E-state index contributed by atoms with van der Waals surface area (Å²) in [5, 5.41) is 3.29. The highest BCUT2D eigenvalue weighted by Crippen LogP contribution is 2.36. The monoisotopic (exact) mass is 312 g/mol. The number of rotatable bonds is 5. The van der Waals surface area contributed by atoms with Gasteiger partial charge in [-0.1, -0.05) is 18.2 Å². The molecule has 112 valence electrons. The first-order chi connectivity index (χ1) is 9.94. The largest absolute Gasteiger partial charge is 0.446 e. The highest BCUT2D eigenvalue weighted by Gasteiger charge is 2.28. The zero-order valence-corrected chi connectivity index (χ0v) is 12.2. The van der Waals surface area contributed by atoms with Gasteiger partial charge in [0.15, 0.2) is 0 Å². The molecule has 0 saturated heterocycles. The second-order valence-corrected chi connectivity index (χ2v) is 5.69. The topological polar surface area (TPSA) is 24.9 Å². The number of hydrogen-bond donors (Lipinski definition) is 1. The minimum Gasteiger partial charge on any atom is -0.305 e. The van der Waals surface area contributed by atoms with Crippen LogP contribution in [0.2, 0.25) is 0 Å². The highest BCUT2D eigenvalue weighted by molar-refractivity contribution is 8.00. The van der Waals surface area contributed by atoms with E-state index in [-0.39, 0.29) is 22.7 Å². The summed E-state index contributed by atoms with van der Waals surface area (Å²) in [4.78, 5) is 4.45. The van der Waals surface area contributed by atoms with E-state index < -0.39 is 5.51 Å². The third kappa shape index (κ3) is 5.40. The zero-order valence-electron chi connectivity index (χ0n) is 11.4. The van der Waals surface area contributed by atoms with Crippen molar-refractivity contribution in [1.82, 2.24) is 10.3 Å². The van der Waals surface area contributed by atoms with Crippen molar-refractivity contribution in [3.63, 3.8) is 0 Å². The molecule has 2 nitrogen and oxygen atoms in total. The second-order valence-electron chi connectivity index (χ2n) is 4.55. The molecule has 2 aromatic rings. The lowest BCUT2D eigenvalue weighted by Crippen LogP contribution is -2.18. The van der Waals surface area contributed by atoms with Gasteiger partial charge in [0, 0.05) is 23.7 Å². The summed E-state index contributed by atoms with van der Waals surface area (Å²) in [6.07, 6.45) is 1.73. The van der Waals surface area contributed by atoms with Gasteiger partial charge in [0.1, 0.15) is 0 Å². The number of nitrogens with one attached hydrogen (secondary N) is 1. The molecular weight excluding hydrogens is 297 g/mol. The van der Waals surface area contributed by atoms with E-state index in [0.29, 0.717) is 6.54 Å². The van der Waals surface area contributed by atoms with Crippen LogP contribution in [0.15, 0.2) is 53.6 Å². The molecule has 0 aliphatic carbocycles. The predicted octanol–water partition coefficient (Wildman–Crippen LogP) is 4.54. The summed E-state index contributed by atoms with van der Waals surface area (Å²) >= 11 is -0.0997. The molecule has 1 N–H and O–H groups in total. The Labute approximate surface area is 125 Å². The van der Waals surface area contributed by atoms with Crippen molar-refractivity contribution in [2.45, 2.75) is 29.9 Å². The molecule has 0 amide bonds. The fraction of sp³-hybridized carbons (Fsp3) is 0.267. The smallest absolute Gasteiger partial charge is 0.305 e. The Kier molecular flexibility index (Phi) is 5.25. The number of halogens is 3. The maximum Gasteiger partial charge on any atom is 0.446 e. The van der Waals surface area contributed by atoms with Crippen LogP contribution in [-0.2, 0) is 6.54 Å².